The van der Waals surface area contributed by atoms with E-state index in [1.807, 2.05) is 0 Å². The molecule has 2 atom stereocenters. The zero-order valence-corrected chi connectivity index (χ0v) is 12.4. The van der Waals surface area contributed by atoms with E-state index in [1.54, 1.807) is 24.3 Å². The van der Waals surface area contributed by atoms with Gasteiger partial charge in [-0.3, -0.25) is 0 Å². The van der Waals surface area contributed by atoms with Crippen LogP contribution in [0.1, 0.15) is 29.6 Å². The van der Waals surface area contributed by atoms with Crippen LogP contribution in [-0.4, -0.2) is 39.0 Å². The summed E-state index contributed by atoms with van der Waals surface area (Å²) in [4.78, 5) is 11.3. The average Bonchev–Trinajstić information content (AvgIpc) is 2.87. The van der Waals surface area contributed by atoms with Gasteiger partial charge in [0.1, 0.15) is 0 Å². The molecule has 0 aliphatic heterocycles. The van der Waals surface area contributed by atoms with Crippen molar-refractivity contribution in [1.82, 2.24) is 0 Å². The molecule has 1 aromatic carbocycles. The average molecular weight is 297 g/mol. The molecule has 0 heterocycles. The molecule has 1 fully saturated rings. The molecule has 1 saturated carbocycles. The second-order valence-electron chi connectivity index (χ2n) is 5.12. The van der Waals surface area contributed by atoms with Gasteiger partial charge in [0.25, 0.3) is 0 Å². The Balaban J connectivity index is 2.08. The number of ether oxygens (including phenoxy) is 1. The Morgan fingerprint density at radius 1 is 1.25 bits per heavy atom. The molecule has 0 aromatic heterocycles. The predicted octanol–water partition coefficient (Wildman–Crippen LogP) is 1.85. The highest BCUT2D eigenvalue weighted by Gasteiger charge is 2.34. The molecule has 6 heteroatoms. The van der Waals surface area contributed by atoms with Gasteiger partial charge in [0.2, 0.25) is 0 Å². The Bertz CT molecular complexity index is 580. The zero-order chi connectivity index (χ0) is 14.8. The van der Waals surface area contributed by atoms with Gasteiger partial charge >= 0.3 is 5.97 Å². The van der Waals surface area contributed by atoms with Crippen molar-refractivity contribution in [2.75, 3.05) is 18.7 Å². The van der Waals surface area contributed by atoms with Crippen LogP contribution in [0.5, 0.6) is 0 Å². The van der Waals surface area contributed by atoms with Gasteiger partial charge < -0.3 is 10.1 Å². The SMILES string of the molecule is COC(=O)c1ccc(NC2CCCC2S(C)(=O)=O)cc1. The number of rotatable bonds is 4. The highest BCUT2D eigenvalue weighted by atomic mass is 32.2. The fraction of sp³-hybridized carbons (Fsp3) is 0.500. The number of methoxy groups -OCH3 is 1. The first kappa shape index (κ1) is 14.8. The summed E-state index contributed by atoms with van der Waals surface area (Å²) in [5.41, 5.74) is 1.29. The van der Waals surface area contributed by atoms with Crippen LogP contribution in [0.4, 0.5) is 5.69 Å². The van der Waals surface area contributed by atoms with E-state index < -0.39 is 9.84 Å². The molecule has 0 radical (unpaired) electrons. The molecule has 2 rings (SSSR count). The summed E-state index contributed by atoms with van der Waals surface area (Å²) in [6, 6.07) is 6.80. The lowest BCUT2D eigenvalue weighted by Gasteiger charge is -2.20. The fourth-order valence-electron chi connectivity index (χ4n) is 2.64. The number of esters is 1. The second-order valence-corrected chi connectivity index (χ2v) is 7.38. The Labute approximate surface area is 119 Å². The Morgan fingerprint density at radius 3 is 2.45 bits per heavy atom. The smallest absolute Gasteiger partial charge is 0.337 e. The summed E-state index contributed by atoms with van der Waals surface area (Å²) in [5, 5.41) is 2.92. The van der Waals surface area contributed by atoms with Crippen molar-refractivity contribution in [2.45, 2.75) is 30.6 Å². The Hall–Kier alpha value is -1.56. The number of carbonyl (C=O) groups excluding carboxylic acids is 1. The lowest BCUT2D eigenvalue weighted by atomic mass is 10.2. The molecule has 1 aromatic rings. The van der Waals surface area contributed by atoms with Crippen LogP contribution in [0.15, 0.2) is 24.3 Å². The van der Waals surface area contributed by atoms with Crippen molar-refractivity contribution in [3.63, 3.8) is 0 Å². The molecular formula is C14H19NO4S. The van der Waals surface area contributed by atoms with Crippen molar-refractivity contribution in [1.29, 1.82) is 0 Å². The number of carbonyl (C=O) groups is 1. The standard InChI is InChI=1S/C14H19NO4S/c1-19-14(16)10-6-8-11(9-7-10)15-12-4-3-5-13(12)20(2,17)18/h6-9,12-13,15H,3-5H2,1-2H3. The van der Waals surface area contributed by atoms with E-state index in [0.29, 0.717) is 12.0 Å². The van der Waals surface area contributed by atoms with Crippen LogP contribution in [0, 0.1) is 0 Å². The van der Waals surface area contributed by atoms with Gasteiger partial charge in [-0.05, 0) is 43.5 Å². The van der Waals surface area contributed by atoms with Crippen LogP contribution < -0.4 is 5.32 Å². The molecule has 5 nitrogen and oxygen atoms in total. The maximum absolute atomic E-state index is 11.7. The van der Waals surface area contributed by atoms with E-state index in [2.05, 4.69) is 10.1 Å². The van der Waals surface area contributed by atoms with Crippen molar-refractivity contribution >= 4 is 21.5 Å². The molecule has 0 amide bonds. The number of benzene rings is 1. The molecule has 2 unspecified atom stereocenters. The molecule has 20 heavy (non-hydrogen) atoms. The first-order chi connectivity index (χ1) is 9.41. The number of sulfone groups is 1. The number of anilines is 1. The summed E-state index contributed by atoms with van der Waals surface area (Å²) in [6.45, 7) is 0. The van der Waals surface area contributed by atoms with Crippen molar-refractivity contribution < 1.29 is 17.9 Å². The highest BCUT2D eigenvalue weighted by molar-refractivity contribution is 7.91. The van der Waals surface area contributed by atoms with Gasteiger partial charge in [-0.2, -0.15) is 0 Å². The largest absolute Gasteiger partial charge is 0.465 e. The minimum Gasteiger partial charge on any atom is -0.465 e. The minimum absolute atomic E-state index is 0.0611. The van der Waals surface area contributed by atoms with Crippen LogP contribution in [0.25, 0.3) is 0 Å². The lowest BCUT2D eigenvalue weighted by molar-refractivity contribution is 0.0601. The van der Waals surface area contributed by atoms with E-state index in [1.165, 1.54) is 13.4 Å². The fourth-order valence-corrected chi connectivity index (χ4v) is 4.03. The van der Waals surface area contributed by atoms with Gasteiger partial charge in [-0.25, -0.2) is 13.2 Å². The highest BCUT2D eigenvalue weighted by Crippen LogP contribution is 2.28. The van der Waals surface area contributed by atoms with Crippen LogP contribution in [0.2, 0.25) is 0 Å². The van der Waals surface area contributed by atoms with Crippen LogP contribution >= 0.6 is 0 Å². The lowest BCUT2D eigenvalue weighted by Crippen LogP contribution is -2.34. The first-order valence-electron chi connectivity index (χ1n) is 6.55. The molecule has 0 bridgehead atoms. The topological polar surface area (TPSA) is 72.5 Å². The molecule has 110 valence electrons. The Morgan fingerprint density at radius 2 is 1.90 bits per heavy atom. The Kier molecular flexibility index (Phi) is 4.32. The molecule has 1 N–H and O–H groups in total. The second kappa shape index (κ2) is 5.83. The third-order valence-corrected chi connectivity index (χ3v) is 5.32. The van der Waals surface area contributed by atoms with Crippen LogP contribution in [-0.2, 0) is 14.6 Å². The maximum Gasteiger partial charge on any atom is 0.337 e. The first-order valence-corrected chi connectivity index (χ1v) is 8.51. The molecule has 0 spiro atoms. The molecule has 1 aliphatic rings. The van der Waals surface area contributed by atoms with Gasteiger partial charge in [0.05, 0.1) is 17.9 Å². The number of hydrogen-bond donors (Lipinski definition) is 1. The zero-order valence-electron chi connectivity index (χ0n) is 11.6. The monoisotopic (exact) mass is 297 g/mol. The van der Waals surface area contributed by atoms with Crippen LogP contribution in [0.3, 0.4) is 0 Å². The van der Waals surface area contributed by atoms with Crippen molar-refractivity contribution in [2.24, 2.45) is 0 Å². The van der Waals surface area contributed by atoms with Gasteiger partial charge in [0.15, 0.2) is 9.84 Å². The minimum atomic E-state index is -3.03. The van der Waals surface area contributed by atoms with Gasteiger partial charge in [0, 0.05) is 18.0 Å². The summed E-state index contributed by atoms with van der Waals surface area (Å²) in [6.07, 6.45) is 3.75. The van der Waals surface area contributed by atoms with E-state index in [-0.39, 0.29) is 17.3 Å². The third kappa shape index (κ3) is 3.30. The molecule has 0 saturated heterocycles. The van der Waals surface area contributed by atoms with E-state index in [9.17, 15) is 13.2 Å². The molecular weight excluding hydrogens is 278 g/mol. The summed E-state index contributed by atoms with van der Waals surface area (Å²) in [5.74, 6) is -0.383. The number of hydrogen-bond acceptors (Lipinski definition) is 5. The summed E-state index contributed by atoms with van der Waals surface area (Å²) < 4.78 is 28.1. The maximum atomic E-state index is 11.7. The van der Waals surface area contributed by atoms with Gasteiger partial charge in [-0.15, -0.1) is 0 Å². The summed E-state index contributed by atoms with van der Waals surface area (Å²) >= 11 is 0. The predicted molar refractivity (Wildman–Crippen MR) is 77.7 cm³/mol. The quantitative estimate of drug-likeness (QED) is 0.859. The van der Waals surface area contributed by atoms with Crippen molar-refractivity contribution in [3.05, 3.63) is 29.8 Å². The third-order valence-electron chi connectivity index (χ3n) is 3.66. The van der Waals surface area contributed by atoms with E-state index >= 15 is 0 Å². The van der Waals surface area contributed by atoms with E-state index in [4.69, 9.17) is 0 Å². The normalized spacial score (nSPS) is 22.5. The van der Waals surface area contributed by atoms with Crippen molar-refractivity contribution in [3.8, 4) is 0 Å². The van der Waals surface area contributed by atoms with Gasteiger partial charge in [-0.1, -0.05) is 0 Å². The molecule has 1 aliphatic carbocycles. The van der Waals surface area contributed by atoms with E-state index in [0.717, 1.165) is 18.5 Å². The summed E-state index contributed by atoms with van der Waals surface area (Å²) in [7, 11) is -1.70. The number of nitrogens with one attached hydrogen (secondary N) is 1.